The first-order chi connectivity index (χ1) is 9.19. The van der Waals surface area contributed by atoms with Gasteiger partial charge in [-0.05, 0) is 29.8 Å². The highest BCUT2D eigenvalue weighted by Gasteiger charge is 2.20. The smallest absolute Gasteiger partial charge is 0.122 e. The molecule has 0 N–H and O–H groups in total. The Balaban J connectivity index is 1.80. The highest BCUT2D eigenvalue weighted by atomic mass is 79.9. The Kier molecular flexibility index (Phi) is 3.45. The minimum absolute atomic E-state index is 0.907. The number of imidazole rings is 1. The van der Waals surface area contributed by atoms with Crippen LogP contribution in [0.2, 0.25) is 0 Å². The van der Waals surface area contributed by atoms with Crippen molar-refractivity contribution >= 4 is 15.9 Å². The zero-order chi connectivity index (χ0) is 13.4. The van der Waals surface area contributed by atoms with Gasteiger partial charge in [0.1, 0.15) is 5.82 Å². The fourth-order valence-electron chi connectivity index (χ4n) is 2.59. The zero-order valence-electron chi connectivity index (χ0n) is 11.3. The quantitative estimate of drug-likeness (QED) is 0.869. The van der Waals surface area contributed by atoms with Crippen molar-refractivity contribution in [3.05, 3.63) is 34.1 Å². The molecule has 102 valence electrons. The van der Waals surface area contributed by atoms with E-state index < -0.39 is 0 Å². The van der Waals surface area contributed by atoms with E-state index in [9.17, 15) is 0 Å². The fraction of sp³-hybridized carbons (Fsp3) is 0.538. The third-order valence-electron chi connectivity index (χ3n) is 3.65. The van der Waals surface area contributed by atoms with E-state index >= 15 is 0 Å². The van der Waals surface area contributed by atoms with Crippen LogP contribution in [-0.2, 0) is 26.2 Å². The van der Waals surface area contributed by atoms with E-state index in [0.717, 1.165) is 48.7 Å². The highest BCUT2D eigenvalue weighted by Crippen LogP contribution is 2.24. The lowest BCUT2D eigenvalue weighted by Crippen LogP contribution is -2.33. The van der Waals surface area contributed by atoms with Crippen LogP contribution in [0.3, 0.4) is 0 Å². The number of fused-ring (bicyclic) bond motifs is 1. The molecule has 0 aromatic carbocycles. The van der Waals surface area contributed by atoms with Crippen LogP contribution in [-0.4, -0.2) is 30.8 Å². The Bertz CT molecular complexity index is 586. The second-order valence-electron chi connectivity index (χ2n) is 4.91. The summed E-state index contributed by atoms with van der Waals surface area (Å²) in [5, 5.41) is 4.55. The third-order valence-corrected chi connectivity index (χ3v) is 4.68. The van der Waals surface area contributed by atoms with Gasteiger partial charge in [0.05, 0.1) is 22.4 Å². The van der Waals surface area contributed by atoms with Gasteiger partial charge < -0.3 is 4.57 Å². The van der Waals surface area contributed by atoms with Crippen molar-refractivity contribution in [2.24, 2.45) is 0 Å². The maximum absolute atomic E-state index is 4.55. The van der Waals surface area contributed by atoms with Crippen LogP contribution in [0.5, 0.6) is 0 Å². The summed E-state index contributed by atoms with van der Waals surface area (Å²) in [6.45, 7) is 8.99. The molecule has 6 heteroatoms. The molecule has 0 aliphatic carbocycles. The van der Waals surface area contributed by atoms with E-state index in [2.05, 4.69) is 53.3 Å². The van der Waals surface area contributed by atoms with Crippen molar-refractivity contribution in [3.63, 3.8) is 0 Å². The van der Waals surface area contributed by atoms with Crippen molar-refractivity contribution in [2.75, 3.05) is 6.54 Å². The highest BCUT2D eigenvalue weighted by molar-refractivity contribution is 9.10. The molecule has 0 unspecified atom stereocenters. The molecule has 19 heavy (non-hydrogen) atoms. The second kappa shape index (κ2) is 5.09. The van der Waals surface area contributed by atoms with Gasteiger partial charge in [0, 0.05) is 38.6 Å². The summed E-state index contributed by atoms with van der Waals surface area (Å²) in [5.41, 5.74) is 2.33. The van der Waals surface area contributed by atoms with Crippen molar-refractivity contribution in [3.8, 4) is 0 Å². The number of rotatable bonds is 3. The Hall–Kier alpha value is -1.14. The van der Waals surface area contributed by atoms with E-state index in [0.29, 0.717) is 0 Å². The van der Waals surface area contributed by atoms with E-state index in [1.807, 2.05) is 13.1 Å². The van der Waals surface area contributed by atoms with E-state index in [1.165, 1.54) is 5.69 Å². The summed E-state index contributed by atoms with van der Waals surface area (Å²) in [6.07, 6.45) is 3.94. The topological polar surface area (TPSA) is 38.9 Å². The molecular formula is C13H18BrN5. The molecule has 0 amide bonds. The van der Waals surface area contributed by atoms with Gasteiger partial charge in [0.2, 0.25) is 0 Å². The zero-order valence-corrected chi connectivity index (χ0v) is 12.9. The Morgan fingerprint density at radius 2 is 2.21 bits per heavy atom. The molecule has 0 saturated heterocycles. The summed E-state index contributed by atoms with van der Waals surface area (Å²) < 4.78 is 5.46. The number of halogens is 1. The van der Waals surface area contributed by atoms with Gasteiger partial charge in [0.25, 0.3) is 0 Å². The summed E-state index contributed by atoms with van der Waals surface area (Å²) in [4.78, 5) is 6.83. The monoisotopic (exact) mass is 323 g/mol. The normalized spacial score (nSPS) is 15.7. The van der Waals surface area contributed by atoms with E-state index in [-0.39, 0.29) is 0 Å². The van der Waals surface area contributed by atoms with E-state index in [4.69, 9.17) is 0 Å². The predicted octanol–water partition coefficient (Wildman–Crippen LogP) is 2.19. The van der Waals surface area contributed by atoms with Gasteiger partial charge in [-0.1, -0.05) is 0 Å². The molecule has 0 fully saturated rings. The Labute approximate surface area is 121 Å². The molecule has 0 bridgehead atoms. The molecule has 1 aliphatic heterocycles. The maximum Gasteiger partial charge on any atom is 0.122 e. The number of aromatic nitrogens is 4. The van der Waals surface area contributed by atoms with Gasteiger partial charge in [-0.15, -0.1) is 0 Å². The molecule has 0 saturated carbocycles. The van der Waals surface area contributed by atoms with Crippen LogP contribution in [0.15, 0.2) is 16.9 Å². The minimum atomic E-state index is 0.907. The maximum atomic E-state index is 4.55. The summed E-state index contributed by atoms with van der Waals surface area (Å²) in [6, 6.07) is 0. The number of hydrogen-bond donors (Lipinski definition) is 0. The molecular weight excluding hydrogens is 306 g/mol. The van der Waals surface area contributed by atoms with Crippen LogP contribution in [0.1, 0.15) is 24.1 Å². The van der Waals surface area contributed by atoms with Gasteiger partial charge in [-0.25, -0.2) is 4.98 Å². The molecule has 2 aromatic heterocycles. The lowest BCUT2D eigenvalue weighted by molar-refractivity contribution is 0.202. The summed E-state index contributed by atoms with van der Waals surface area (Å²) in [7, 11) is 0. The first kappa shape index (κ1) is 12.9. The van der Waals surface area contributed by atoms with Crippen molar-refractivity contribution in [1.82, 2.24) is 24.2 Å². The molecule has 0 atom stereocenters. The van der Waals surface area contributed by atoms with Crippen LogP contribution in [0, 0.1) is 6.92 Å². The molecule has 5 nitrogen and oxygen atoms in total. The largest absolute Gasteiger partial charge is 0.333 e. The van der Waals surface area contributed by atoms with Crippen LogP contribution in [0.25, 0.3) is 0 Å². The second-order valence-corrected chi connectivity index (χ2v) is 5.70. The van der Waals surface area contributed by atoms with Crippen molar-refractivity contribution in [1.29, 1.82) is 0 Å². The van der Waals surface area contributed by atoms with Gasteiger partial charge in [-0.2, -0.15) is 5.10 Å². The molecule has 1 aliphatic rings. The first-order valence-corrected chi connectivity index (χ1v) is 7.42. The van der Waals surface area contributed by atoms with E-state index in [1.54, 1.807) is 0 Å². The van der Waals surface area contributed by atoms with Crippen LogP contribution in [0.4, 0.5) is 0 Å². The first-order valence-electron chi connectivity index (χ1n) is 6.63. The Morgan fingerprint density at radius 3 is 3.00 bits per heavy atom. The lowest BCUT2D eigenvalue weighted by Gasteiger charge is -2.27. The number of nitrogens with zero attached hydrogens (tertiary/aromatic N) is 5. The lowest BCUT2D eigenvalue weighted by atomic mass is 10.3. The van der Waals surface area contributed by atoms with Crippen LogP contribution < -0.4 is 0 Å². The van der Waals surface area contributed by atoms with Gasteiger partial charge in [0.15, 0.2) is 0 Å². The molecule has 0 spiro atoms. The number of aryl methyl sites for hydroxylation is 2. The van der Waals surface area contributed by atoms with Crippen LogP contribution >= 0.6 is 15.9 Å². The van der Waals surface area contributed by atoms with Gasteiger partial charge >= 0.3 is 0 Å². The average molecular weight is 324 g/mol. The van der Waals surface area contributed by atoms with Crippen molar-refractivity contribution in [2.45, 2.75) is 40.0 Å². The molecule has 3 rings (SSSR count). The average Bonchev–Trinajstić information content (AvgIpc) is 2.98. The third kappa shape index (κ3) is 2.34. The molecule has 2 aromatic rings. The van der Waals surface area contributed by atoms with Gasteiger partial charge in [-0.3, -0.25) is 9.58 Å². The minimum Gasteiger partial charge on any atom is -0.333 e. The predicted molar refractivity (Wildman–Crippen MR) is 76.7 cm³/mol. The summed E-state index contributed by atoms with van der Waals surface area (Å²) >= 11 is 3.66. The standard InChI is InChI=1S/C13H18BrN5/c1-3-19-11(13(14)10(2)16-19)8-17-6-7-18-5-4-15-12(18)9-17/h4-5H,3,6-9H2,1-2H3. The number of hydrogen-bond acceptors (Lipinski definition) is 3. The molecule has 0 radical (unpaired) electrons. The fourth-order valence-corrected chi connectivity index (χ4v) is 3.00. The van der Waals surface area contributed by atoms with Crippen molar-refractivity contribution < 1.29 is 0 Å². The Morgan fingerprint density at radius 1 is 1.37 bits per heavy atom. The summed E-state index contributed by atoms with van der Waals surface area (Å²) in [5.74, 6) is 1.15. The SMILES string of the molecule is CCn1nc(C)c(Br)c1CN1CCn2ccnc2C1. The molecule has 3 heterocycles.